The third-order valence-corrected chi connectivity index (χ3v) is 6.78. The molecule has 5 rings (SSSR count). The van der Waals surface area contributed by atoms with Crippen LogP contribution in [0.25, 0.3) is 16.8 Å². The highest BCUT2D eigenvalue weighted by Crippen LogP contribution is 2.34. The van der Waals surface area contributed by atoms with Crippen molar-refractivity contribution in [3.63, 3.8) is 0 Å². The fourth-order valence-corrected chi connectivity index (χ4v) is 4.67. The van der Waals surface area contributed by atoms with E-state index in [0.717, 1.165) is 48.2 Å². The number of aliphatic hydroxyl groups excluding tert-OH is 1. The van der Waals surface area contributed by atoms with Gasteiger partial charge in [0.25, 0.3) is 5.91 Å². The Morgan fingerprint density at radius 1 is 1.11 bits per heavy atom. The highest BCUT2D eigenvalue weighted by atomic mass is 16.3. The average molecular weight is 471 g/mol. The van der Waals surface area contributed by atoms with Crippen molar-refractivity contribution in [3.05, 3.63) is 71.9 Å². The Morgan fingerprint density at radius 2 is 1.86 bits per heavy atom. The van der Waals surface area contributed by atoms with Crippen molar-refractivity contribution in [2.45, 2.75) is 57.5 Å². The largest absolute Gasteiger partial charge is 0.393 e. The van der Waals surface area contributed by atoms with Crippen molar-refractivity contribution in [1.29, 1.82) is 0 Å². The molecule has 8 nitrogen and oxygen atoms in total. The standard InChI is InChI=1S/C27H30N6O2/c1-16(2)20-11-12-29-24(13-20)32-27(35)19-5-3-17(4-6-19)22-15-33-23(25(28)31-22)14-30-26(33)18-7-9-21(34)10-8-18/h3-6,11-16,18,21,34H,7-10H2,1-2H3,(H2,28,31)(H,29,32,35). The molecule has 0 radical (unpaired) electrons. The van der Waals surface area contributed by atoms with Gasteiger partial charge >= 0.3 is 0 Å². The Kier molecular flexibility index (Phi) is 6.21. The number of aromatic nitrogens is 4. The first-order chi connectivity index (χ1) is 16.9. The Morgan fingerprint density at radius 3 is 2.57 bits per heavy atom. The molecule has 0 atom stereocenters. The number of aliphatic hydroxyl groups is 1. The molecule has 4 aromatic rings. The number of amides is 1. The number of nitrogen functional groups attached to an aromatic ring is 1. The Bertz CT molecular complexity index is 1350. The summed E-state index contributed by atoms with van der Waals surface area (Å²) < 4.78 is 2.02. The van der Waals surface area contributed by atoms with Gasteiger partial charge in [0.15, 0.2) is 0 Å². The SMILES string of the molecule is CC(C)c1ccnc(NC(=O)c2ccc(-c3cn4c(C5CCC(O)CC5)ncc4c(N)n3)cc2)c1. The van der Waals surface area contributed by atoms with E-state index in [4.69, 9.17) is 5.73 Å². The average Bonchev–Trinajstić information content (AvgIpc) is 3.29. The summed E-state index contributed by atoms with van der Waals surface area (Å²) in [6.07, 6.45) is 8.58. The third-order valence-electron chi connectivity index (χ3n) is 6.78. The first kappa shape index (κ1) is 23.0. The van der Waals surface area contributed by atoms with Gasteiger partial charge in [-0.2, -0.15) is 0 Å². The highest BCUT2D eigenvalue weighted by molar-refractivity contribution is 6.04. The predicted octanol–water partition coefficient (Wildman–Crippen LogP) is 4.77. The van der Waals surface area contributed by atoms with Gasteiger partial charge in [0, 0.05) is 29.4 Å². The van der Waals surface area contributed by atoms with Gasteiger partial charge in [-0.1, -0.05) is 26.0 Å². The smallest absolute Gasteiger partial charge is 0.256 e. The van der Waals surface area contributed by atoms with Crippen LogP contribution in [0.2, 0.25) is 0 Å². The zero-order chi connectivity index (χ0) is 24.5. The predicted molar refractivity (Wildman–Crippen MR) is 136 cm³/mol. The summed E-state index contributed by atoms with van der Waals surface area (Å²) in [6, 6.07) is 11.1. The summed E-state index contributed by atoms with van der Waals surface area (Å²) in [6.45, 7) is 4.20. The zero-order valence-electron chi connectivity index (χ0n) is 20.0. The minimum Gasteiger partial charge on any atom is -0.393 e. The summed E-state index contributed by atoms with van der Waals surface area (Å²) in [5.74, 6) is 2.32. The Hall–Kier alpha value is -3.78. The van der Waals surface area contributed by atoms with Crippen LogP contribution in [0.5, 0.6) is 0 Å². The summed E-state index contributed by atoms with van der Waals surface area (Å²) in [5, 5.41) is 12.7. The van der Waals surface area contributed by atoms with E-state index in [1.165, 1.54) is 0 Å². The van der Waals surface area contributed by atoms with Crippen LogP contribution in [0.1, 0.15) is 73.1 Å². The molecule has 3 heterocycles. The normalized spacial score (nSPS) is 18.2. The van der Waals surface area contributed by atoms with Crippen molar-refractivity contribution < 1.29 is 9.90 Å². The van der Waals surface area contributed by atoms with Crippen LogP contribution >= 0.6 is 0 Å². The van der Waals surface area contributed by atoms with Gasteiger partial charge in [0.2, 0.25) is 0 Å². The van der Waals surface area contributed by atoms with Crippen LogP contribution in [0.4, 0.5) is 11.6 Å². The molecule has 35 heavy (non-hydrogen) atoms. The minimum atomic E-state index is -0.218. The number of hydrogen-bond acceptors (Lipinski definition) is 6. The molecule has 3 aromatic heterocycles. The maximum atomic E-state index is 12.8. The quantitative estimate of drug-likeness (QED) is 0.387. The second kappa shape index (κ2) is 9.46. The molecule has 8 heteroatoms. The van der Waals surface area contributed by atoms with E-state index in [0.29, 0.717) is 28.8 Å². The minimum absolute atomic E-state index is 0.217. The lowest BCUT2D eigenvalue weighted by Crippen LogP contribution is -2.18. The van der Waals surface area contributed by atoms with Gasteiger partial charge in [-0.25, -0.2) is 15.0 Å². The van der Waals surface area contributed by atoms with E-state index in [1.54, 1.807) is 24.5 Å². The van der Waals surface area contributed by atoms with Crippen molar-refractivity contribution in [1.82, 2.24) is 19.4 Å². The van der Waals surface area contributed by atoms with Crippen LogP contribution < -0.4 is 11.1 Å². The molecule has 180 valence electrons. The molecular formula is C27H30N6O2. The number of anilines is 2. The van der Waals surface area contributed by atoms with Gasteiger partial charge in [0.1, 0.15) is 23.0 Å². The molecule has 0 saturated heterocycles. The van der Waals surface area contributed by atoms with E-state index in [2.05, 4.69) is 34.1 Å². The topological polar surface area (TPSA) is 118 Å². The van der Waals surface area contributed by atoms with E-state index in [-0.39, 0.29) is 17.9 Å². The van der Waals surface area contributed by atoms with Crippen LogP contribution in [0.3, 0.4) is 0 Å². The maximum Gasteiger partial charge on any atom is 0.256 e. The lowest BCUT2D eigenvalue weighted by molar-refractivity contribution is 0.102. The van der Waals surface area contributed by atoms with Crippen LogP contribution in [0.15, 0.2) is 55.0 Å². The summed E-state index contributed by atoms with van der Waals surface area (Å²) in [5.41, 5.74) is 10.3. The summed E-state index contributed by atoms with van der Waals surface area (Å²) in [7, 11) is 0. The third kappa shape index (κ3) is 4.74. The number of nitrogens with zero attached hydrogens (tertiary/aromatic N) is 4. The molecule has 0 bridgehead atoms. The number of imidazole rings is 1. The highest BCUT2D eigenvalue weighted by Gasteiger charge is 2.25. The van der Waals surface area contributed by atoms with E-state index < -0.39 is 0 Å². The lowest BCUT2D eigenvalue weighted by Gasteiger charge is -2.24. The Balaban J connectivity index is 1.38. The van der Waals surface area contributed by atoms with E-state index in [1.807, 2.05) is 34.9 Å². The van der Waals surface area contributed by atoms with E-state index >= 15 is 0 Å². The van der Waals surface area contributed by atoms with Gasteiger partial charge in [0.05, 0.1) is 18.0 Å². The summed E-state index contributed by atoms with van der Waals surface area (Å²) >= 11 is 0. The molecule has 1 amide bonds. The molecule has 4 N–H and O–H groups in total. The molecule has 1 aliphatic rings. The number of benzene rings is 1. The van der Waals surface area contributed by atoms with Crippen molar-refractivity contribution >= 4 is 23.1 Å². The molecule has 0 unspecified atom stereocenters. The molecule has 1 fully saturated rings. The van der Waals surface area contributed by atoms with Gasteiger partial charge in [-0.15, -0.1) is 0 Å². The number of nitrogens with one attached hydrogen (secondary N) is 1. The van der Waals surface area contributed by atoms with E-state index in [9.17, 15) is 9.90 Å². The van der Waals surface area contributed by atoms with Gasteiger partial charge in [-0.3, -0.25) is 9.20 Å². The second-order valence-corrected chi connectivity index (χ2v) is 9.55. The molecular weight excluding hydrogens is 440 g/mol. The molecule has 1 aromatic carbocycles. The number of fused-ring (bicyclic) bond motifs is 1. The number of pyridine rings is 1. The fourth-order valence-electron chi connectivity index (χ4n) is 4.67. The number of hydrogen-bond donors (Lipinski definition) is 3. The number of carbonyl (C=O) groups excluding carboxylic acids is 1. The number of rotatable bonds is 5. The molecule has 1 saturated carbocycles. The number of carbonyl (C=O) groups is 1. The lowest BCUT2D eigenvalue weighted by atomic mass is 9.87. The fraction of sp³-hybridized carbons (Fsp3) is 0.333. The molecule has 1 aliphatic carbocycles. The molecule has 0 spiro atoms. The summed E-state index contributed by atoms with van der Waals surface area (Å²) in [4.78, 5) is 26.2. The van der Waals surface area contributed by atoms with Crippen LogP contribution in [0, 0.1) is 0 Å². The molecule has 0 aliphatic heterocycles. The van der Waals surface area contributed by atoms with Crippen LogP contribution in [-0.2, 0) is 0 Å². The monoisotopic (exact) mass is 470 g/mol. The Labute approximate surface area is 204 Å². The maximum absolute atomic E-state index is 12.8. The van der Waals surface area contributed by atoms with Crippen molar-refractivity contribution in [2.75, 3.05) is 11.1 Å². The second-order valence-electron chi connectivity index (χ2n) is 9.55. The first-order valence-electron chi connectivity index (χ1n) is 12.1. The first-order valence-corrected chi connectivity index (χ1v) is 12.1. The zero-order valence-corrected chi connectivity index (χ0v) is 20.0. The van der Waals surface area contributed by atoms with Crippen molar-refractivity contribution in [2.24, 2.45) is 0 Å². The van der Waals surface area contributed by atoms with Crippen LogP contribution in [-0.4, -0.2) is 36.5 Å². The van der Waals surface area contributed by atoms with Gasteiger partial charge < -0.3 is 16.2 Å². The van der Waals surface area contributed by atoms with Gasteiger partial charge in [-0.05, 0) is 61.4 Å². The van der Waals surface area contributed by atoms with Crippen molar-refractivity contribution in [3.8, 4) is 11.3 Å². The number of nitrogens with two attached hydrogens (primary N) is 1.